The third kappa shape index (κ3) is 2.86. The van der Waals surface area contributed by atoms with E-state index in [2.05, 4.69) is 20.7 Å². The molecule has 13 heavy (non-hydrogen) atoms. The van der Waals surface area contributed by atoms with Gasteiger partial charge in [0.15, 0.2) is 4.67 Å². The first-order valence-corrected chi connectivity index (χ1v) is 4.43. The summed E-state index contributed by atoms with van der Waals surface area (Å²) in [5.41, 5.74) is 0. The van der Waals surface area contributed by atoms with E-state index in [9.17, 15) is 9.90 Å². The fourth-order valence-electron chi connectivity index (χ4n) is 0.849. The third-order valence-corrected chi connectivity index (χ3v) is 1.94. The molecule has 0 spiro atoms. The maximum absolute atomic E-state index is 10.8. The molecule has 0 aromatic carbocycles. The van der Waals surface area contributed by atoms with Crippen molar-refractivity contribution in [2.24, 2.45) is 0 Å². The Morgan fingerprint density at radius 2 is 2.46 bits per heavy atom. The van der Waals surface area contributed by atoms with Crippen LogP contribution in [0.3, 0.4) is 0 Å². The van der Waals surface area contributed by atoms with E-state index in [1.54, 1.807) is 12.1 Å². The van der Waals surface area contributed by atoms with Crippen molar-refractivity contribution in [2.75, 3.05) is 7.11 Å². The summed E-state index contributed by atoms with van der Waals surface area (Å²) >= 11 is 3.09. The number of esters is 1. The molecule has 1 aromatic rings. The Morgan fingerprint density at radius 1 is 1.77 bits per heavy atom. The van der Waals surface area contributed by atoms with Gasteiger partial charge < -0.3 is 14.3 Å². The largest absolute Gasteiger partial charge is 0.469 e. The number of furan rings is 1. The van der Waals surface area contributed by atoms with Crippen molar-refractivity contribution >= 4 is 21.9 Å². The van der Waals surface area contributed by atoms with E-state index in [4.69, 9.17) is 4.42 Å². The number of hydrogen-bond acceptors (Lipinski definition) is 4. The van der Waals surface area contributed by atoms with Crippen molar-refractivity contribution in [2.45, 2.75) is 12.5 Å². The van der Waals surface area contributed by atoms with E-state index in [1.807, 2.05) is 0 Å². The van der Waals surface area contributed by atoms with Gasteiger partial charge in [0.05, 0.1) is 13.5 Å². The van der Waals surface area contributed by atoms with Crippen LogP contribution in [-0.2, 0) is 9.53 Å². The minimum atomic E-state index is -0.946. The molecule has 1 N–H and O–H groups in total. The Balaban J connectivity index is 2.58. The van der Waals surface area contributed by atoms with Crippen LogP contribution in [0.25, 0.3) is 0 Å². The van der Waals surface area contributed by atoms with Crippen LogP contribution >= 0.6 is 15.9 Å². The first-order chi connectivity index (χ1) is 6.13. The third-order valence-electron chi connectivity index (χ3n) is 1.51. The van der Waals surface area contributed by atoms with Gasteiger partial charge in [-0.3, -0.25) is 4.79 Å². The number of halogens is 1. The predicted molar refractivity (Wildman–Crippen MR) is 48.0 cm³/mol. The normalized spacial score (nSPS) is 12.5. The molecule has 0 saturated carbocycles. The molecule has 1 aromatic heterocycles. The van der Waals surface area contributed by atoms with Crippen LogP contribution in [-0.4, -0.2) is 18.2 Å². The van der Waals surface area contributed by atoms with Gasteiger partial charge in [-0.1, -0.05) is 0 Å². The predicted octanol–water partition coefficient (Wildman–Crippen LogP) is 1.64. The van der Waals surface area contributed by atoms with Crippen LogP contribution in [0.5, 0.6) is 0 Å². The van der Waals surface area contributed by atoms with E-state index in [0.29, 0.717) is 10.4 Å². The lowest BCUT2D eigenvalue weighted by atomic mass is 10.2. The molecule has 0 aliphatic heterocycles. The Kier molecular flexibility index (Phi) is 3.50. The van der Waals surface area contributed by atoms with Crippen molar-refractivity contribution in [1.82, 2.24) is 0 Å². The van der Waals surface area contributed by atoms with Gasteiger partial charge >= 0.3 is 5.97 Å². The smallest absolute Gasteiger partial charge is 0.308 e. The SMILES string of the molecule is COC(=O)C[C@@H](O)c1ccc(Br)o1. The molecule has 0 aliphatic carbocycles. The number of hydrogen-bond donors (Lipinski definition) is 1. The van der Waals surface area contributed by atoms with Gasteiger partial charge in [0, 0.05) is 0 Å². The fourth-order valence-corrected chi connectivity index (χ4v) is 1.17. The van der Waals surface area contributed by atoms with Gasteiger partial charge in [-0.25, -0.2) is 0 Å². The average molecular weight is 249 g/mol. The first kappa shape index (κ1) is 10.3. The van der Waals surface area contributed by atoms with Gasteiger partial charge in [0.25, 0.3) is 0 Å². The average Bonchev–Trinajstić information content (AvgIpc) is 2.51. The highest BCUT2D eigenvalue weighted by atomic mass is 79.9. The molecule has 1 heterocycles. The zero-order chi connectivity index (χ0) is 9.84. The van der Waals surface area contributed by atoms with Gasteiger partial charge in [0.1, 0.15) is 11.9 Å². The topological polar surface area (TPSA) is 59.7 Å². The molecule has 0 aliphatic rings. The number of rotatable bonds is 3. The number of aliphatic hydroxyl groups excluding tert-OH is 1. The van der Waals surface area contributed by atoms with E-state index < -0.39 is 12.1 Å². The summed E-state index contributed by atoms with van der Waals surface area (Å²) in [7, 11) is 1.27. The van der Waals surface area contributed by atoms with Crippen LogP contribution in [0.1, 0.15) is 18.3 Å². The van der Waals surface area contributed by atoms with Crippen molar-refractivity contribution in [3.63, 3.8) is 0 Å². The number of aliphatic hydroxyl groups is 1. The van der Waals surface area contributed by atoms with Crippen LogP contribution in [0.4, 0.5) is 0 Å². The van der Waals surface area contributed by atoms with Crippen molar-refractivity contribution in [3.8, 4) is 0 Å². The summed E-state index contributed by atoms with van der Waals surface area (Å²) in [4.78, 5) is 10.8. The first-order valence-electron chi connectivity index (χ1n) is 3.63. The Bertz CT molecular complexity index is 294. The number of carbonyl (C=O) groups excluding carboxylic acids is 1. The van der Waals surface area contributed by atoms with Crippen LogP contribution < -0.4 is 0 Å². The Labute approximate surface area is 83.6 Å². The zero-order valence-electron chi connectivity index (χ0n) is 6.99. The van der Waals surface area contributed by atoms with Gasteiger partial charge in [-0.15, -0.1) is 0 Å². The highest BCUT2D eigenvalue weighted by Gasteiger charge is 2.16. The Morgan fingerprint density at radius 3 is 2.92 bits per heavy atom. The summed E-state index contributed by atoms with van der Waals surface area (Å²) in [5.74, 6) is -0.128. The monoisotopic (exact) mass is 248 g/mol. The summed E-state index contributed by atoms with van der Waals surface area (Å²) in [6.07, 6.45) is -1.05. The van der Waals surface area contributed by atoms with E-state index in [0.717, 1.165) is 0 Å². The summed E-state index contributed by atoms with van der Waals surface area (Å²) in [6.45, 7) is 0. The van der Waals surface area contributed by atoms with Crippen LogP contribution in [0.15, 0.2) is 21.2 Å². The number of methoxy groups -OCH3 is 1. The highest BCUT2D eigenvalue weighted by Crippen LogP contribution is 2.22. The lowest BCUT2D eigenvalue weighted by Crippen LogP contribution is -2.07. The number of ether oxygens (including phenoxy) is 1. The van der Waals surface area contributed by atoms with Crippen molar-refractivity contribution < 1.29 is 19.1 Å². The quantitative estimate of drug-likeness (QED) is 0.827. The molecule has 0 fully saturated rings. The molecule has 0 bridgehead atoms. The summed E-state index contributed by atoms with van der Waals surface area (Å²) in [5, 5.41) is 9.42. The zero-order valence-corrected chi connectivity index (χ0v) is 8.58. The van der Waals surface area contributed by atoms with Crippen LogP contribution in [0.2, 0.25) is 0 Å². The molecule has 0 unspecified atom stereocenters. The van der Waals surface area contributed by atoms with E-state index >= 15 is 0 Å². The second-order valence-corrected chi connectivity index (χ2v) is 3.22. The fraction of sp³-hybridized carbons (Fsp3) is 0.375. The minimum Gasteiger partial charge on any atom is -0.469 e. The molecule has 0 radical (unpaired) electrons. The Hall–Kier alpha value is -0.810. The lowest BCUT2D eigenvalue weighted by molar-refractivity contribution is -0.143. The second kappa shape index (κ2) is 4.43. The summed E-state index contributed by atoms with van der Waals surface area (Å²) in [6, 6.07) is 3.24. The van der Waals surface area contributed by atoms with Crippen LogP contribution in [0, 0.1) is 0 Å². The van der Waals surface area contributed by atoms with E-state index in [-0.39, 0.29) is 6.42 Å². The molecule has 1 atom stereocenters. The van der Waals surface area contributed by atoms with Gasteiger partial charge in [0.2, 0.25) is 0 Å². The van der Waals surface area contributed by atoms with Crippen molar-refractivity contribution in [1.29, 1.82) is 0 Å². The van der Waals surface area contributed by atoms with Gasteiger partial charge in [-0.05, 0) is 28.1 Å². The molecule has 0 saturated heterocycles. The molecule has 72 valence electrons. The van der Waals surface area contributed by atoms with E-state index in [1.165, 1.54) is 7.11 Å². The number of carbonyl (C=O) groups is 1. The summed E-state index contributed by atoms with van der Waals surface area (Å²) < 4.78 is 9.97. The molecular weight excluding hydrogens is 240 g/mol. The molecule has 5 heteroatoms. The molecular formula is C8H9BrO4. The standard InChI is InChI=1S/C8H9BrO4/c1-12-8(11)4-5(10)6-2-3-7(9)13-6/h2-3,5,10H,4H2,1H3/t5-/m1/s1. The molecule has 4 nitrogen and oxygen atoms in total. The maximum Gasteiger partial charge on any atom is 0.308 e. The second-order valence-electron chi connectivity index (χ2n) is 2.44. The molecule has 0 amide bonds. The highest BCUT2D eigenvalue weighted by molar-refractivity contribution is 9.10. The lowest BCUT2D eigenvalue weighted by Gasteiger charge is -2.04. The van der Waals surface area contributed by atoms with Gasteiger partial charge in [-0.2, -0.15) is 0 Å². The minimum absolute atomic E-state index is 0.101. The van der Waals surface area contributed by atoms with Crippen molar-refractivity contribution in [3.05, 3.63) is 22.6 Å². The molecule has 1 rings (SSSR count). The maximum atomic E-state index is 10.8.